The summed E-state index contributed by atoms with van der Waals surface area (Å²) in [6, 6.07) is 0. The lowest BCUT2D eigenvalue weighted by molar-refractivity contribution is -0.139. The van der Waals surface area contributed by atoms with Crippen LogP contribution >= 0.6 is 0 Å². The highest BCUT2D eigenvalue weighted by Gasteiger charge is 2.15. The number of hydrogen-bond acceptors (Lipinski definition) is 4. The smallest absolute Gasteiger partial charge is 0.354 e. The zero-order valence-corrected chi connectivity index (χ0v) is 6.92. The van der Waals surface area contributed by atoms with Crippen molar-refractivity contribution in [1.82, 2.24) is 5.32 Å². The summed E-state index contributed by atoms with van der Waals surface area (Å²) in [6.45, 7) is 2.57. The van der Waals surface area contributed by atoms with Gasteiger partial charge in [-0.1, -0.05) is 0 Å². The van der Waals surface area contributed by atoms with Crippen molar-refractivity contribution < 1.29 is 14.3 Å². The van der Waals surface area contributed by atoms with E-state index in [4.69, 9.17) is 4.74 Å². The maximum atomic E-state index is 11.0. The second-order valence-electron chi connectivity index (χ2n) is 2.42. The zero-order chi connectivity index (χ0) is 8.97. The molecule has 1 heterocycles. The van der Waals surface area contributed by atoms with Crippen LogP contribution in [-0.4, -0.2) is 24.9 Å². The predicted octanol–water partition coefficient (Wildman–Crippen LogP) is -0.00420. The van der Waals surface area contributed by atoms with E-state index in [-0.39, 0.29) is 11.5 Å². The maximum absolute atomic E-state index is 11.0. The van der Waals surface area contributed by atoms with Crippen molar-refractivity contribution in [3.05, 3.63) is 11.8 Å². The summed E-state index contributed by atoms with van der Waals surface area (Å²) < 4.78 is 4.71. The zero-order valence-electron chi connectivity index (χ0n) is 6.92. The van der Waals surface area contributed by atoms with Gasteiger partial charge in [-0.05, 0) is 6.92 Å². The average molecular weight is 169 g/mol. The number of esters is 1. The van der Waals surface area contributed by atoms with Gasteiger partial charge >= 0.3 is 5.97 Å². The minimum atomic E-state index is -0.453. The highest BCUT2D eigenvalue weighted by atomic mass is 16.5. The fourth-order valence-electron chi connectivity index (χ4n) is 0.944. The van der Waals surface area contributed by atoms with Crippen LogP contribution < -0.4 is 5.32 Å². The van der Waals surface area contributed by atoms with Crippen molar-refractivity contribution in [3.63, 3.8) is 0 Å². The van der Waals surface area contributed by atoms with Gasteiger partial charge in [-0.15, -0.1) is 0 Å². The van der Waals surface area contributed by atoms with Crippen molar-refractivity contribution in [1.29, 1.82) is 0 Å². The average Bonchev–Trinajstić information content (AvgIpc) is 2.05. The van der Waals surface area contributed by atoms with Gasteiger partial charge in [0.15, 0.2) is 5.78 Å². The highest BCUT2D eigenvalue weighted by Crippen LogP contribution is 2.01. The standard InChI is InChI=1S/C8H11NO3/c1-2-12-8(11)7-5-6(10)3-4-9-7/h5,9H,2-4H2,1H3. The van der Waals surface area contributed by atoms with E-state index in [1.54, 1.807) is 6.92 Å². The first-order valence-corrected chi connectivity index (χ1v) is 3.89. The Morgan fingerprint density at radius 1 is 1.75 bits per heavy atom. The molecule has 0 fully saturated rings. The molecule has 1 aliphatic rings. The predicted molar refractivity (Wildman–Crippen MR) is 42.3 cm³/mol. The van der Waals surface area contributed by atoms with Crippen molar-refractivity contribution in [2.24, 2.45) is 0 Å². The summed E-state index contributed by atoms with van der Waals surface area (Å²) in [5.41, 5.74) is 0.271. The molecule has 0 amide bonds. The molecule has 0 saturated carbocycles. The Morgan fingerprint density at radius 3 is 3.08 bits per heavy atom. The van der Waals surface area contributed by atoms with E-state index in [2.05, 4.69) is 5.32 Å². The molecule has 0 radical (unpaired) electrons. The Hall–Kier alpha value is -1.32. The minimum Gasteiger partial charge on any atom is -0.461 e. The molecule has 0 bridgehead atoms. The first-order valence-electron chi connectivity index (χ1n) is 3.89. The second kappa shape index (κ2) is 3.90. The molecule has 0 unspecified atom stereocenters. The highest BCUT2D eigenvalue weighted by molar-refractivity contribution is 6.00. The molecule has 0 aromatic carbocycles. The molecule has 0 aromatic heterocycles. The van der Waals surface area contributed by atoms with E-state index < -0.39 is 5.97 Å². The monoisotopic (exact) mass is 169 g/mol. The summed E-state index contributed by atoms with van der Waals surface area (Å²) in [5.74, 6) is -0.484. The lowest BCUT2D eigenvalue weighted by Gasteiger charge is -2.12. The summed E-state index contributed by atoms with van der Waals surface area (Å²) in [5, 5.41) is 2.80. The van der Waals surface area contributed by atoms with Crippen LogP contribution in [0.5, 0.6) is 0 Å². The third kappa shape index (κ3) is 2.08. The number of allylic oxidation sites excluding steroid dienone is 1. The second-order valence-corrected chi connectivity index (χ2v) is 2.42. The van der Waals surface area contributed by atoms with Crippen molar-refractivity contribution in [2.75, 3.05) is 13.2 Å². The van der Waals surface area contributed by atoms with E-state index in [0.29, 0.717) is 19.6 Å². The molecular weight excluding hydrogens is 158 g/mol. The van der Waals surface area contributed by atoms with Gasteiger partial charge in [-0.3, -0.25) is 4.79 Å². The summed E-state index contributed by atoms with van der Waals surface area (Å²) in [6.07, 6.45) is 1.74. The first-order chi connectivity index (χ1) is 5.74. The molecule has 4 nitrogen and oxygen atoms in total. The van der Waals surface area contributed by atoms with Gasteiger partial charge < -0.3 is 10.1 Å². The fourth-order valence-corrected chi connectivity index (χ4v) is 0.944. The van der Waals surface area contributed by atoms with E-state index in [1.165, 1.54) is 6.08 Å². The van der Waals surface area contributed by atoms with E-state index >= 15 is 0 Å². The largest absolute Gasteiger partial charge is 0.461 e. The lowest BCUT2D eigenvalue weighted by atomic mass is 10.2. The Morgan fingerprint density at radius 2 is 2.50 bits per heavy atom. The number of hydrogen-bond donors (Lipinski definition) is 1. The van der Waals surface area contributed by atoms with Gasteiger partial charge in [0.05, 0.1) is 6.61 Å². The number of ether oxygens (including phenoxy) is 1. The number of ketones is 1. The Bertz CT molecular complexity index is 232. The Balaban J connectivity index is 2.61. The van der Waals surface area contributed by atoms with Crippen molar-refractivity contribution >= 4 is 11.8 Å². The van der Waals surface area contributed by atoms with Gasteiger partial charge in [0.25, 0.3) is 0 Å². The van der Waals surface area contributed by atoms with Crippen LogP contribution in [0.2, 0.25) is 0 Å². The number of carbonyl (C=O) groups is 2. The van der Waals surface area contributed by atoms with Gasteiger partial charge in [-0.2, -0.15) is 0 Å². The van der Waals surface area contributed by atoms with Crippen LogP contribution in [-0.2, 0) is 14.3 Å². The molecule has 0 aromatic rings. The van der Waals surface area contributed by atoms with E-state index in [1.807, 2.05) is 0 Å². The molecule has 0 spiro atoms. The molecule has 0 saturated heterocycles. The maximum Gasteiger partial charge on any atom is 0.354 e. The summed E-state index contributed by atoms with van der Waals surface area (Å²) >= 11 is 0. The van der Waals surface area contributed by atoms with Crippen LogP contribution in [0.3, 0.4) is 0 Å². The fraction of sp³-hybridized carbons (Fsp3) is 0.500. The van der Waals surface area contributed by atoms with Crippen LogP contribution in [0.25, 0.3) is 0 Å². The summed E-state index contributed by atoms with van der Waals surface area (Å²) in [7, 11) is 0. The third-order valence-electron chi connectivity index (χ3n) is 1.49. The third-order valence-corrected chi connectivity index (χ3v) is 1.49. The van der Waals surface area contributed by atoms with E-state index in [0.717, 1.165) is 0 Å². The number of rotatable bonds is 2. The normalized spacial score (nSPS) is 16.4. The molecular formula is C8H11NO3. The van der Waals surface area contributed by atoms with Crippen LogP contribution in [0.4, 0.5) is 0 Å². The molecule has 1 aliphatic heterocycles. The first kappa shape index (κ1) is 8.77. The van der Waals surface area contributed by atoms with Crippen molar-refractivity contribution in [2.45, 2.75) is 13.3 Å². The molecule has 0 atom stereocenters. The van der Waals surface area contributed by atoms with Crippen molar-refractivity contribution in [3.8, 4) is 0 Å². The quantitative estimate of drug-likeness (QED) is 0.591. The SMILES string of the molecule is CCOC(=O)C1=CC(=O)CCN1. The van der Waals surface area contributed by atoms with Gasteiger partial charge in [0.2, 0.25) is 0 Å². The van der Waals surface area contributed by atoms with E-state index in [9.17, 15) is 9.59 Å². The number of nitrogens with one attached hydrogen (secondary N) is 1. The topological polar surface area (TPSA) is 55.4 Å². The molecule has 0 aliphatic carbocycles. The number of carbonyl (C=O) groups excluding carboxylic acids is 2. The molecule has 1 rings (SSSR count). The van der Waals surface area contributed by atoms with Crippen LogP contribution in [0.1, 0.15) is 13.3 Å². The molecule has 1 N–H and O–H groups in total. The molecule has 4 heteroatoms. The molecule has 12 heavy (non-hydrogen) atoms. The summed E-state index contributed by atoms with van der Waals surface area (Å²) in [4.78, 5) is 21.9. The lowest BCUT2D eigenvalue weighted by Crippen LogP contribution is -2.29. The van der Waals surface area contributed by atoms with Gasteiger partial charge in [0, 0.05) is 19.0 Å². The Labute approximate surface area is 70.6 Å². The van der Waals surface area contributed by atoms with Crippen LogP contribution in [0, 0.1) is 0 Å². The minimum absolute atomic E-state index is 0.0307. The van der Waals surface area contributed by atoms with Gasteiger partial charge in [-0.25, -0.2) is 4.79 Å². The Kier molecular flexibility index (Phi) is 2.85. The molecule has 66 valence electrons. The van der Waals surface area contributed by atoms with Gasteiger partial charge in [0.1, 0.15) is 5.70 Å². The van der Waals surface area contributed by atoms with Crippen LogP contribution in [0.15, 0.2) is 11.8 Å².